The monoisotopic (exact) mass is 405 g/mol. The maximum absolute atomic E-state index is 8.57. The Hall–Kier alpha value is -1.18. The van der Waals surface area contributed by atoms with Crippen molar-refractivity contribution in [1.29, 1.82) is 0 Å². The fraction of sp³-hybridized carbons (Fsp3) is 0.0526. The molecule has 0 spiro atoms. The number of rotatable bonds is 3. The number of benzene rings is 3. The van der Waals surface area contributed by atoms with E-state index in [1.807, 2.05) is 18.2 Å². The van der Waals surface area contributed by atoms with Crippen LogP contribution in [0.2, 0.25) is 0 Å². The van der Waals surface area contributed by atoms with E-state index in [4.69, 9.17) is 1.37 Å². The molecular formula is C19H18IP. The normalized spacial score (nSPS) is 14.0. The Balaban J connectivity index is 2.41. The summed E-state index contributed by atoms with van der Waals surface area (Å²) in [4.78, 5) is 0. The van der Waals surface area contributed by atoms with E-state index in [1.54, 1.807) is 0 Å². The van der Waals surface area contributed by atoms with Crippen molar-refractivity contribution >= 4 is 42.2 Å². The third-order valence-electron chi connectivity index (χ3n) is 3.88. The predicted molar refractivity (Wildman–Crippen MR) is 105 cm³/mol. The summed E-state index contributed by atoms with van der Waals surface area (Å²) >= 11 is 2.61. The van der Waals surface area contributed by atoms with E-state index >= 15 is 0 Å². The van der Waals surface area contributed by atoms with E-state index in [-0.39, 0.29) is 0 Å². The Morgan fingerprint density at radius 2 is 0.905 bits per heavy atom. The fourth-order valence-corrected chi connectivity index (χ4v) is 8.83. The first-order valence-corrected chi connectivity index (χ1v) is 12.1. The van der Waals surface area contributed by atoms with E-state index < -0.39 is 4.25 Å². The Kier molecular flexibility index (Phi) is 3.56. The third kappa shape index (κ3) is 2.43. The maximum atomic E-state index is 8.57. The Morgan fingerprint density at radius 3 is 1.14 bits per heavy atom. The first-order valence-electron chi connectivity index (χ1n) is 7.60. The van der Waals surface area contributed by atoms with Crippen LogP contribution in [0.1, 0.15) is 1.37 Å². The van der Waals surface area contributed by atoms with Crippen LogP contribution in [0, 0.1) is 0 Å². The molecule has 0 nitrogen and oxygen atoms in total. The van der Waals surface area contributed by atoms with E-state index in [0.29, 0.717) is 6.64 Å². The molecule has 0 saturated carbocycles. The molecule has 3 aromatic carbocycles. The predicted octanol–water partition coefficient (Wildman–Crippen LogP) is 4.50. The van der Waals surface area contributed by atoms with Crippen LogP contribution in [0.4, 0.5) is 0 Å². The molecule has 0 saturated heterocycles. The molecule has 0 bridgehead atoms. The summed E-state index contributed by atoms with van der Waals surface area (Å²) in [7, 11) is 0. The van der Waals surface area contributed by atoms with Crippen molar-refractivity contribution in [2.75, 3.05) is 6.64 Å². The molecular weight excluding hydrogens is 386 g/mol. The molecule has 21 heavy (non-hydrogen) atoms. The summed E-state index contributed by atoms with van der Waals surface area (Å²) in [6, 6.07) is 31.7. The molecule has 0 aliphatic rings. The van der Waals surface area contributed by atoms with Crippen LogP contribution in [0.3, 0.4) is 0 Å². The average molecular weight is 405 g/mol. The third-order valence-corrected chi connectivity index (χ3v) is 13.0. The minimum atomic E-state index is -2.76. The Bertz CT molecular complexity index is 645. The van der Waals surface area contributed by atoms with Gasteiger partial charge >= 0.3 is 141 Å². The van der Waals surface area contributed by atoms with Gasteiger partial charge in [-0.05, 0) is 0 Å². The number of hydrogen-bond donors (Lipinski definition) is 0. The molecule has 106 valence electrons. The molecule has 0 atom stereocenters. The minimum absolute atomic E-state index is 0.365. The van der Waals surface area contributed by atoms with E-state index in [9.17, 15) is 0 Å². The van der Waals surface area contributed by atoms with Gasteiger partial charge in [0.15, 0.2) is 0 Å². The molecule has 0 amide bonds. The van der Waals surface area contributed by atoms with E-state index in [1.165, 1.54) is 15.9 Å². The molecule has 0 aliphatic carbocycles. The van der Waals surface area contributed by atoms with E-state index in [0.717, 1.165) is 0 Å². The van der Waals surface area contributed by atoms with Gasteiger partial charge in [0.25, 0.3) is 0 Å². The van der Waals surface area contributed by atoms with Gasteiger partial charge in [-0.25, -0.2) is 0 Å². The summed E-state index contributed by atoms with van der Waals surface area (Å²) in [5.74, 6) is 0. The zero-order valence-corrected chi connectivity index (χ0v) is 14.7. The van der Waals surface area contributed by atoms with Crippen LogP contribution in [0.5, 0.6) is 0 Å². The topological polar surface area (TPSA) is 0 Å². The van der Waals surface area contributed by atoms with Gasteiger partial charge in [0.1, 0.15) is 0 Å². The SMILES string of the molecule is [2H]CP(I)(c1ccccc1)(c1ccccc1)c1ccccc1. The van der Waals surface area contributed by atoms with Crippen LogP contribution in [0.15, 0.2) is 91.0 Å². The summed E-state index contributed by atoms with van der Waals surface area (Å²) in [6.07, 6.45) is 0. The Labute approximate surface area is 141 Å². The summed E-state index contributed by atoms with van der Waals surface area (Å²) < 4.78 is 5.80. The molecule has 3 rings (SSSR count). The second-order valence-corrected chi connectivity index (χ2v) is 15.5. The molecule has 0 heterocycles. The van der Waals surface area contributed by atoms with Gasteiger partial charge in [0.2, 0.25) is 0 Å². The van der Waals surface area contributed by atoms with Crippen LogP contribution in [-0.4, -0.2) is 6.64 Å². The van der Waals surface area contributed by atoms with Gasteiger partial charge in [-0.3, -0.25) is 0 Å². The zero-order valence-electron chi connectivity index (χ0n) is 12.7. The van der Waals surface area contributed by atoms with Crippen molar-refractivity contribution in [3.63, 3.8) is 0 Å². The van der Waals surface area contributed by atoms with Crippen molar-refractivity contribution in [3.8, 4) is 0 Å². The second-order valence-electron chi connectivity index (χ2n) is 5.19. The van der Waals surface area contributed by atoms with Crippen LogP contribution < -0.4 is 15.9 Å². The first kappa shape index (κ1) is 13.5. The van der Waals surface area contributed by atoms with Crippen LogP contribution in [-0.2, 0) is 0 Å². The molecule has 3 aromatic rings. The van der Waals surface area contributed by atoms with Crippen LogP contribution in [0.25, 0.3) is 0 Å². The molecule has 0 aliphatic heterocycles. The van der Waals surface area contributed by atoms with Crippen molar-refractivity contribution in [2.24, 2.45) is 0 Å². The van der Waals surface area contributed by atoms with Crippen molar-refractivity contribution in [2.45, 2.75) is 0 Å². The molecule has 0 aromatic heterocycles. The van der Waals surface area contributed by atoms with Gasteiger partial charge in [0, 0.05) is 0 Å². The number of halogens is 1. The average Bonchev–Trinajstić information content (AvgIpc) is 2.63. The van der Waals surface area contributed by atoms with Gasteiger partial charge in [-0.2, -0.15) is 0 Å². The quantitative estimate of drug-likeness (QED) is 0.445. The van der Waals surface area contributed by atoms with Crippen molar-refractivity contribution in [1.82, 2.24) is 0 Å². The van der Waals surface area contributed by atoms with Crippen molar-refractivity contribution in [3.05, 3.63) is 91.0 Å². The van der Waals surface area contributed by atoms with Crippen molar-refractivity contribution < 1.29 is 1.37 Å². The molecule has 2 heteroatoms. The second kappa shape index (κ2) is 5.55. The van der Waals surface area contributed by atoms with E-state index in [2.05, 4.69) is 94.8 Å². The molecule has 0 fully saturated rings. The van der Waals surface area contributed by atoms with Crippen LogP contribution >= 0.6 is 26.3 Å². The van der Waals surface area contributed by atoms with Gasteiger partial charge in [0.05, 0.1) is 0 Å². The summed E-state index contributed by atoms with van der Waals surface area (Å²) in [5.41, 5.74) is 0. The van der Waals surface area contributed by atoms with Gasteiger partial charge in [-0.15, -0.1) is 0 Å². The van der Waals surface area contributed by atoms with Gasteiger partial charge in [-0.1, -0.05) is 0 Å². The zero-order chi connectivity index (χ0) is 15.5. The summed E-state index contributed by atoms with van der Waals surface area (Å²) in [6.45, 7) is 0.365. The number of hydrogen-bond acceptors (Lipinski definition) is 0. The fourth-order valence-electron chi connectivity index (χ4n) is 2.66. The molecule has 0 N–H and O–H groups in total. The van der Waals surface area contributed by atoms with Gasteiger partial charge < -0.3 is 0 Å². The molecule has 0 unspecified atom stereocenters. The standard InChI is InChI=1S/C19H18IP/c1-21(20,17-11-5-2-6-12-17,18-13-7-3-8-14-18)19-15-9-4-10-16-19/h2-16H,1H3/i1D. The Morgan fingerprint density at radius 1 is 0.619 bits per heavy atom. The molecule has 0 radical (unpaired) electrons. The first-order chi connectivity index (χ1) is 10.7. The summed E-state index contributed by atoms with van der Waals surface area (Å²) in [5, 5.41) is 3.80.